The van der Waals surface area contributed by atoms with E-state index < -0.39 is 27.6 Å². The summed E-state index contributed by atoms with van der Waals surface area (Å²) < 4.78 is 50.6. The van der Waals surface area contributed by atoms with Gasteiger partial charge in [-0.15, -0.1) is 0 Å². The zero-order valence-corrected chi connectivity index (χ0v) is 22.5. The second-order valence-corrected chi connectivity index (χ2v) is 10.7. The maximum Gasteiger partial charge on any atom is 0.406 e. The molecule has 1 aliphatic rings. The number of carbonyl (C=O) groups excluding carboxylic acids is 2. The van der Waals surface area contributed by atoms with Crippen LogP contribution in [0.15, 0.2) is 65.6 Å². The summed E-state index contributed by atoms with van der Waals surface area (Å²) in [6, 6.07) is 14.5. The topological polar surface area (TPSA) is 134 Å². The number of halogens is 1. The molecule has 1 heterocycles. The molecule has 0 saturated heterocycles. The molecular formula is C26H25ClN2O8S. The van der Waals surface area contributed by atoms with Crippen molar-refractivity contribution in [1.29, 1.82) is 0 Å². The number of hydrogen-bond donors (Lipinski definition) is 1. The number of anilines is 1. The van der Waals surface area contributed by atoms with E-state index in [0.29, 0.717) is 10.1 Å². The first-order chi connectivity index (χ1) is 18.0. The summed E-state index contributed by atoms with van der Waals surface area (Å²) in [5.41, 5.74) is 3.10. The van der Waals surface area contributed by atoms with Gasteiger partial charge in [0.25, 0.3) is 15.9 Å². The van der Waals surface area contributed by atoms with Crippen LogP contribution in [-0.4, -0.2) is 40.7 Å². The van der Waals surface area contributed by atoms with E-state index in [2.05, 4.69) is 0 Å². The number of para-hydroxylation sites is 1. The van der Waals surface area contributed by atoms with E-state index in [-0.39, 0.29) is 44.3 Å². The van der Waals surface area contributed by atoms with Crippen molar-refractivity contribution in [3.8, 4) is 17.2 Å². The molecule has 0 radical (unpaired) electrons. The molecule has 2 N–H and O–H groups in total. The Morgan fingerprint density at radius 2 is 1.68 bits per heavy atom. The molecule has 0 saturated carbocycles. The van der Waals surface area contributed by atoms with Gasteiger partial charge in [-0.2, -0.15) is 4.31 Å². The summed E-state index contributed by atoms with van der Waals surface area (Å²) in [7, 11) is -1.94. The van der Waals surface area contributed by atoms with Crippen molar-refractivity contribution < 1.29 is 37.0 Å². The van der Waals surface area contributed by atoms with Gasteiger partial charge in [0.2, 0.25) is 5.60 Å². The maximum absolute atomic E-state index is 14.4. The van der Waals surface area contributed by atoms with Crippen LogP contribution in [0.25, 0.3) is 0 Å². The van der Waals surface area contributed by atoms with E-state index in [1.807, 2.05) is 0 Å². The molecule has 12 heteroatoms. The van der Waals surface area contributed by atoms with Gasteiger partial charge in [0.15, 0.2) is 0 Å². The summed E-state index contributed by atoms with van der Waals surface area (Å²) in [5.74, 6) is -0.660. The van der Waals surface area contributed by atoms with Gasteiger partial charge in [-0.05, 0) is 50.2 Å². The van der Waals surface area contributed by atoms with Crippen LogP contribution in [0.3, 0.4) is 0 Å². The summed E-state index contributed by atoms with van der Waals surface area (Å²) in [5, 5.41) is 0.164. The van der Waals surface area contributed by atoms with Crippen molar-refractivity contribution in [3.63, 3.8) is 0 Å². The van der Waals surface area contributed by atoms with Crippen LogP contribution in [0.5, 0.6) is 17.2 Å². The van der Waals surface area contributed by atoms with E-state index >= 15 is 0 Å². The first-order valence-corrected chi connectivity index (χ1v) is 13.2. The zero-order valence-electron chi connectivity index (χ0n) is 20.9. The predicted molar refractivity (Wildman–Crippen MR) is 139 cm³/mol. The highest BCUT2D eigenvalue weighted by Gasteiger charge is 2.60. The van der Waals surface area contributed by atoms with E-state index in [0.717, 1.165) is 0 Å². The Labute approximate surface area is 224 Å². The molecule has 3 aromatic rings. The number of primary amides is 1. The van der Waals surface area contributed by atoms with Crippen molar-refractivity contribution in [2.24, 2.45) is 5.73 Å². The third-order valence-corrected chi connectivity index (χ3v) is 7.79. The van der Waals surface area contributed by atoms with Crippen LogP contribution in [0.4, 0.5) is 10.5 Å². The number of benzene rings is 3. The molecular weight excluding hydrogens is 536 g/mol. The Hall–Kier alpha value is -3.96. The normalized spacial score (nSPS) is 16.8. The third-order valence-electron chi connectivity index (χ3n) is 5.81. The highest BCUT2D eigenvalue weighted by molar-refractivity contribution is 7.93. The molecule has 10 nitrogen and oxygen atoms in total. The number of nitrogens with two attached hydrogens (primary N) is 1. The standard InChI is InChI=1S/C26H25ClN2O8S/c1-15(2)36-21-8-6-5-7-18(21)26(37-25(28)31)19-13-16(27)9-11-20(19)29(24(26)30)38(32,33)23-12-10-17(34-3)14-22(23)35-4/h5-15H,1-4H3,(H2,28,31). The largest absolute Gasteiger partial charge is 0.497 e. The summed E-state index contributed by atoms with van der Waals surface area (Å²) in [4.78, 5) is 26.3. The maximum atomic E-state index is 14.4. The van der Waals surface area contributed by atoms with E-state index in [1.165, 1.54) is 56.7 Å². The van der Waals surface area contributed by atoms with Crippen LogP contribution in [0, 0.1) is 0 Å². The number of rotatable bonds is 8. The Balaban J connectivity index is 2.05. The van der Waals surface area contributed by atoms with Gasteiger partial charge in [-0.25, -0.2) is 13.2 Å². The Bertz CT molecular complexity index is 1530. The summed E-state index contributed by atoms with van der Waals surface area (Å²) in [6.07, 6.45) is -1.65. The van der Waals surface area contributed by atoms with Gasteiger partial charge in [0.05, 0.1) is 31.6 Å². The van der Waals surface area contributed by atoms with Gasteiger partial charge in [-0.1, -0.05) is 29.8 Å². The second kappa shape index (κ2) is 10.1. The number of amides is 2. The Morgan fingerprint density at radius 3 is 2.32 bits per heavy atom. The van der Waals surface area contributed by atoms with Crippen molar-refractivity contribution in [3.05, 3.63) is 76.8 Å². The minimum Gasteiger partial charge on any atom is -0.497 e. The number of methoxy groups -OCH3 is 2. The molecule has 3 aromatic carbocycles. The fourth-order valence-corrected chi connectivity index (χ4v) is 6.11. The van der Waals surface area contributed by atoms with E-state index in [1.54, 1.807) is 32.0 Å². The van der Waals surface area contributed by atoms with Gasteiger partial charge in [-0.3, -0.25) is 4.79 Å². The van der Waals surface area contributed by atoms with Gasteiger partial charge in [0.1, 0.15) is 22.1 Å². The fraction of sp³-hybridized carbons (Fsp3) is 0.231. The van der Waals surface area contributed by atoms with Gasteiger partial charge >= 0.3 is 6.09 Å². The lowest BCUT2D eigenvalue weighted by molar-refractivity contribution is -0.131. The lowest BCUT2D eigenvalue weighted by atomic mass is 9.86. The van der Waals surface area contributed by atoms with Crippen LogP contribution < -0.4 is 24.2 Å². The van der Waals surface area contributed by atoms with E-state index in [4.69, 9.17) is 36.3 Å². The van der Waals surface area contributed by atoms with Crippen molar-refractivity contribution in [2.75, 3.05) is 18.5 Å². The number of ether oxygens (including phenoxy) is 4. The molecule has 0 aliphatic carbocycles. The predicted octanol–water partition coefficient (Wildman–Crippen LogP) is 4.22. The SMILES string of the molecule is COc1ccc(S(=O)(=O)N2C(=O)C(OC(N)=O)(c3ccccc3OC(C)C)c3cc(Cl)ccc32)c(OC)c1. The highest BCUT2D eigenvalue weighted by atomic mass is 35.5. The number of nitrogens with zero attached hydrogens (tertiary/aromatic N) is 1. The van der Waals surface area contributed by atoms with Crippen LogP contribution >= 0.6 is 11.6 Å². The second-order valence-electron chi connectivity index (χ2n) is 8.52. The molecule has 4 rings (SSSR count). The molecule has 1 atom stereocenters. The zero-order chi connectivity index (χ0) is 27.8. The smallest absolute Gasteiger partial charge is 0.406 e. The lowest BCUT2D eigenvalue weighted by Crippen LogP contribution is -2.47. The quantitative estimate of drug-likeness (QED) is 0.433. The Kier molecular flexibility index (Phi) is 7.18. The molecule has 0 aromatic heterocycles. The minimum absolute atomic E-state index is 0.00957. The first kappa shape index (κ1) is 27.1. The summed E-state index contributed by atoms with van der Waals surface area (Å²) in [6.45, 7) is 3.54. The molecule has 0 fully saturated rings. The minimum atomic E-state index is -4.65. The monoisotopic (exact) mass is 560 g/mol. The Morgan fingerprint density at radius 1 is 0.974 bits per heavy atom. The third kappa shape index (κ3) is 4.37. The first-order valence-electron chi connectivity index (χ1n) is 11.3. The molecule has 1 aliphatic heterocycles. The van der Waals surface area contributed by atoms with E-state index in [9.17, 15) is 18.0 Å². The number of hydrogen-bond acceptors (Lipinski definition) is 8. The van der Waals surface area contributed by atoms with Crippen LogP contribution in [0.1, 0.15) is 25.0 Å². The molecule has 0 spiro atoms. The average Bonchev–Trinajstić information content (AvgIpc) is 3.11. The fourth-order valence-electron chi connectivity index (χ4n) is 4.34. The molecule has 38 heavy (non-hydrogen) atoms. The molecule has 200 valence electrons. The van der Waals surface area contributed by atoms with Gasteiger partial charge < -0.3 is 24.7 Å². The van der Waals surface area contributed by atoms with Crippen molar-refractivity contribution in [2.45, 2.75) is 30.4 Å². The average molecular weight is 561 g/mol. The van der Waals surface area contributed by atoms with Crippen molar-refractivity contribution >= 4 is 39.3 Å². The van der Waals surface area contributed by atoms with Gasteiger partial charge in [0, 0.05) is 16.7 Å². The molecule has 2 amide bonds. The van der Waals surface area contributed by atoms with Crippen LogP contribution in [-0.2, 0) is 25.2 Å². The number of fused-ring (bicyclic) bond motifs is 1. The number of sulfonamides is 1. The number of carbonyl (C=O) groups is 2. The van der Waals surface area contributed by atoms with Crippen LogP contribution in [0.2, 0.25) is 5.02 Å². The molecule has 1 unspecified atom stereocenters. The lowest BCUT2D eigenvalue weighted by Gasteiger charge is -2.30. The molecule has 0 bridgehead atoms. The summed E-state index contributed by atoms with van der Waals surface area (Å²) >= 11 is 6.29. The highest BCUT2D eigenvalue weighted by Crippen LogP contribution is 2.52. The van der Waals surface area contributed by atoms with Crippen molar-refractivity contribution in [1.82, 2.24) is 0 Å².